The summed E-state index contributed by atoms with van der Waals surface area (Å²) >= 11 is 0. The fourth-order valence-electron chi connectivity index (χ4n) is 2.47. The molecule has 0 saturated carbocycles. The van der Waals surface area contributed by atoms with E-state index in [-0.39, 0.29) is 12.5 Å². The molecule has 0 spiro atoms. The lowest BCUT2D eigenvalue weighted by atomic mass is 9.97. The summed E-state index contributed by atoms with van der Waals surface area (Å²) in [5, 5.41) is 0. The molecule has 0 bridgehead atoms. The number of benzene rings is 1. The molecule has 0 fully saturated rings. The first-order valence-corrected chi connectivity index (χ1v) is 9.07. The first-order chi connectivity index (χ1) is 11.3. The Labute approximate surface area is 140 Å². The average molecular weight is 351 g/mol. The number of hydrogen-bond donors (Lipinski definition) is 1. The van der Waals surface area contributed by atoms with Crippen LogP contribution in [0.4, 0.5) is 0 Å². The SMILES string of the molecule is CC[C@@H](CNS(=O)(=O)c1cn(C)c(=O)n(C)c1=O)c1ccccc1. The number of nitrogens with zero attached hydrogens (tertiary/aromatic N) is 2. The number of hydrogen-bond acceptors (Lipinski definition) is 4. The van der Waals surface area contributed by atoms with Gasteiger partial charge >= 0.3 is 5.69 Å². The van der Waals surface area contributed by atoms with Crippen molar-refractivity contribution in [3.63, 3.8) is 0 Å². The summed E-state index contributed by atoms with van der Waals surface area (Å²) in [5.41, 5.74) is -0.385. The van der Waals surface area contributed by atoms with Crippen LogP contribution in [0.25, 0.3) is 0 Å². The summed E-state index contributed by atoms with van der Waals surface area (Å²) in [6, 6.07) is 9.57. The number of aromatic nitrogens is 2. The Kier molecular flexibility index (Phi) is 5.40. The van der Waals surface area contributed by atoms with Gasteiger partial charge in [0, 0.05) is 26.8 Å². The van der Waals surface area contributed by atoms with E-state index in [1.54, 1.807) is 0 Å². The largest absolute Gasteiger partial charge is 0.330 e. The first-order valence-electron chi connectivity index (χ1n) is 7.59. The zero-order chi connectivity index (χ0) is 17.9. The second-order valence-corrected chi connectivity index (χ2v) is 7.35. The minimum Gasteiger partial charge on any atom is -0.302 e. The maximum absolute atomic E-state index is 12.5. The van der Waals surface area contributed by atoms with Crippen LogP contribution in [-0.4, -0.2) is 24.1 Å². The fraction of sp³-hybridized carbons (Fsp3) is 0.375. The summed E-state index contributed by atoms with van der Waals surface area (Å²) in [5.74, 6) is -0.00245. The van der Waals surface area contributed by atoms with Crippen molar-refractivity contribution in [1.29, 1.82) is 0 Å². The van der Waals surface area contributed by atoms with Gasteiger partial charge in [0.05, 0.1) is 0 Å². The predicted octanol–water partition coefficient (Wildman–Crippen LogP) is 0.556. The van der Waals surface area contributed by atoms with Gasteiger partial charge in [-0.3, -0.25) is 9.36 Å². The molecule has 8 heteroatoms. The quantitative estimate of drug-likeness (QED) is 0.823. The molecule has 1 heterocycles. The molecule has 0 unspecified atom stereocenters. The standard InChI is InChI=1S/C16H21N3O4S/c1-4-12(13-8-6-5-7-9-13)10-17-24(22,23)14-11-18(2)16(21)19(3)15(14)20/h5-9,11-12,17H,4,10H2,1-3H3/t12-/m0/s1. The van der Waals surface area contributed by atoms with Crippen LogP contribution in [0.2, 0.25) is 0 Å². The molecule has 0 aliphatic rings. The minimum atomic E-state index is -4.01. The zero-order valence-corrected chi connectivity index (χ0v) is 14.7. The molecule has 7 nitrogen and oxygen atoms in total. The van der Waals surface area contributed by atoms with Crippen molar-refractivity contribution in [1.82, 2.24) is 13.9 Å². The van der Waals surface area contributed by atoms with E-state index in [2.05, 4.69) is 4.72 Å². The summed E-state index contributed by atoms with van der Waals surface area (Å²) in [6.07, 6.45) is 1.80. The molecule has 1 atom stereocenters. The highest BCUT2D eigenvalue weighted by molar-refractivity contribution is 7.89. The summed E-state index contributed by atoms with van der Waals surface area (Å²) in [6.45, 7) is 2.14. The molecule has 1 aromatic carbocycles. The van der Waals surface area contributed by atoms with E-state index in [0.717, 1.165) is 27.3 Å². The Morgan fingerprint density at radius 2 is 1.75 bits per heavy atom. The molecular weight excluding hydrogens is 330 g/mol. The Hall–Kier alpha value is -2.19. The number of nitrogens with one attached hydrogen (secondary N) is 1. The van der Waals surface area contributed by atoms with E-state index >= 15 is 0 Å². The predicted molar refractivity (Wildman–Crippen MR) is 91.6 cm³/mol. The molecule has 0 saturated heterocycles. The van der Waals surface area contributed by atoms with E-state index in [1.807, 2.05) is 37.3 Å². The van der Waals surface area contributed by atoms with Crippen molar-refractivity contribution in [2.75, 3.05) is 6.54 Å². The van der Waals surface area contributed by atoms with Gasteiger partial charge in [-0.25, -0.2) is 17.9 Å². The first kappa shape index (κ1) is 18.2. The number of sulfonamides is 1. The van der Waals surface area contributed by atoms with E-state index < -0.39 is 26.2 Å². The van der Waals surface area contributed by atoms with Crippen LogP contribution in [0.15, 0.2) is 51.0 Å². The summed E-state index contributed by atoms with van der Waals surface area (Å²) in [7, 11) is -1.35. The van der Waals surface area contributed by atoms with Gasteiger partial charge in [0.2, 0.25) is 10.0 Å². The van der Waals surface area contributed by atoms with Crippen molar-refractivity contribution in [3.05, 3.63) is 62.9 Å². The van der Waals surface area contributed by atoms with Crippen LogP contribution < -0.4 is 16.0 Å². The van der Waals surface area contributed by atoms with Gasteiger partial charge in [0.25, 0.3) is 5.56 Å². The lowest BCUT2D eigenvalue weighted by molar-refractivity contribution is 0.558. The van der Waals surface area contributed by atoms with Gasteiger partial charge in [-0.05, 0) is 17.9 Å². The van der Waals surface area contributed by atoms with Crippen molar-refractivity contribution >= 4 is 10.0 Å². The smallest absolute Gasteiger partial charge is 0.302 e. The Balaban J connectivity index is 2.30. The van der Waals surface area contributed by atoms with Crippen LogP contribution in [0, 0.1) is 0 Å². The van der Waals surface area contributed by atoms with E-state index in [9.17, 15) is 18.0 Å². The van der Waals surface area contributed by atoms with Crippen molar-refractivity contribution in [2.24, 2.45) is 14.1 Å². The Bertz CT molecular complexity index is 930. The molecule has 24 heavy (non-hydrogen) atoms. The van der Waals surface area contributed by atoms with Gasteiger partial charge in [0.1, 0.15) is 0 Å². The van der Waals surface area contributed by atoms with Crippen molar-refractivity contribution < 1.29 is 8.42 Å². The third-order valence-electron chi connectivity index (χ3n) is 3.99. The van der Waals surface area contributed by atoms with Crippen LogP contribution in [-0.2, 0) is 24.1 Å². The highest BCUT2D eigenvalue weighted by atomic mass is 32.2. The normalized spacial score (nSPS) is 13.0. The van der Waals surface area contributed by atoms with Crippen molar-refractivity contribution in [3.8, 4) is 0 Å². The maximum atomic E-state index is 12.5. The molecule has 0 amide bonds. The molecule has 2 aromatic rings. The van der Waals surface area contributed by atoms with Crippen molar-refractivity contribution in [2.45, 2.75) is 24.2 Å². The van der Waals surface area contributed by atoms with Gasteiger partial charge in [-0.15, -0.1) is 0 Å². The van der Waals surface area contributed by atoms with Crippen LogP contribution in [0.1, 0.15) is 24.8 Å². The fourth-order valence-corrected chi connectivity index (χ4v) is 3.71. The highest BCUT2D eigenvalue weighted by Crippen LogP contribution is 2.18. The lowest BCUT2D eigenvalue weighted by Gasteiger charge is -2.16. The Morgan fingerprint density at radius 1 is 1.12 bits per heavy atom. The van der Waals surface area contributed by atoms with Crippen LogP contribution >= 0.6 is 0 Å². The van der Waals surface area contributed by atoms with E-state index in [1.165, 1.54) is 14.1 Å². The molecule has 1 aromatic heterocycles. The minimum absolute atomic E-state index is 0.00245. The number of rotatable bonds is 6. The van der Waals surface area contributed by atoms with Gasteiger partial charge in [-0.2, -0.15) is 0 Å². The topological polar surface area (TPSA) is 90.2 Å². The molecule has 2 rings (SSSR count). The maximum Gasteiger partial charge on any atom is 0.330 e. The zero-order valence-electron chi connectivity index (χ0n) is 13.9. The van der Waals surface area contributed by atoms with Crippen LogP contribution in [0.3, 0.4) is 0 Å². The van der Waals surface area contributed by atoms with Crippen LogP contribution in [0.5, 0.6) is 0 Å². The third kappa shape index (κ3) is 3.65. The van der Waals surface area contributed by atoms with Gasteiger partial charge < -0.3 is 4.57 Å². The molecule has 0 aliphatic heterocycles. The summed E-state index contributed by atoms with van der Waals surface area (Å²) < 4.78 is 29.3. The monoisotopic (exact) mass is 351 g/mol. The summed E-state index contributed by atoms with van der Waals surface area (Å²) in [4.78, 5) is 23.3. The molecular formula is C16H21N3O4S. The lowest BCUT2D eigenvalue weighted by Crippen LogP contribution is -2.42. The highest BCUT2D eigenvalue weighted by Gasteiger charge is 2.22. The van der Waals surface area contributed by atoms with E-state index in [0.29, 0.717) is 0 Å². The Morgan fingerprint density at radius 3 is 2.33 bits per heavy atom. The van der Waals surface area contributed by atoms with Gasteiger partial charge in [-0.1, -0.05) is 37.3 Å². The molecule has 0 aliphatic carbocycles. The second-order valence-electron chi connectivity index (χ2n) is 5.62. The number of aryl methyl sites for hydroxylation is 1. The van der Waals surface area contributed by atoms with E-state index in [4.69, 9.17) is 0 Å². The molecule has 0 radical (unpaired) electrons. The molecule has 130 valence electrons. The third-order valence-corrected chi connectivity index (χ3v) is 5.39. The average Bonchev–Trinajstić information content (AvgIpc) is 2.57. The second kappa shape index (κ2) is 7.14. The van der Waals surface area contributed by atoms with Gasteiger partial charge in [0.15, 0.2) is 4.90 Å². The molecule has 1 N–H and O–H groups in total.